The summed E-state index contributed by atoms with van der Waals surface area (Å²) < 4.78 is 48.4. The van der Waals surface area contributed by atoms with Crippen LogP contribution >= 0.6 is 0 Å². The summed E-state index contributed by atoms with van der Waals surface area (Å²) in [6.45, 7) is 5.55. The zero-order valence-electron chi connectivity index (χ0n) is 18.7. The van der Waals surface area contributed by atoms with Crippen LogP contribution in [0.25, 0.3) is 22.4 Å². The lowest BCUT2D eigenvalue weighted by Gasteiger charge is -2.17. The molecule has 8 nitrogen and oxygen atoms in total. The first kappa shape index (κ1) is 23.1. The molecule has 0 fully saturated rings. The predicted molar refractivity (Wildman–Crippen MR) is 120 cm³/mol. The maximum Gasteiger partial charge on any atom is 0.280 e. The lowest BCUT2D eigenvalue weighted by molar-refractivity contribution is 0.146. The molecule has 4 rings (SSSR count). The first-order valence-electron chi connectivity index (χ1n) is 10.4. The van der Waals surface area contributed by atoms with Gasteiger partial charge in [0.15, 0.2) is 5.82 Å². The summed E-state index contributed by atoms with van der Waals surface area (Å²) in [7, 11) is 0. The van der Waals surface area contributed by atoms with Gasteiger partial charge in [-0.1, -0.05) is 0 Å². The molecule has 0 spiro atoms. The Morgan fingerprint density at radius 1 is 1.03 bits per heavy atom. The smallest absolute Gasteiger partial charge is 0.280 e. The van der Waals surface area contributed by atoms with Gasteiger partial charge in [-0.2, -0.15) is 4.98 Å². The van der Waals surface area contributed by atoms with Crippen LogP contribution in [0.4, 0.5) is 19.1 Å². The minimum Gasteiger partial charge on any atom is -0.469 e. The van der Waals surface area contributed by atoms with Crippen molar-refractivity contribution in [1.82, 2.24) is 29.7 Å². The third-order valence-corrected chi connectivity index (χ3v) is 5.04. The van der Waals surface area contributed by atoms with Crippen molar-refractivity contribution in [2.24, 2.45) is 0 Å². The molecule has 0 radical (unpaired) electrons. The second-order valence-electron chi connectivity index (χ2n) is 7.88. The molecule has 3 heterocycles. The van der Waals surface area contributed by atoms with Crippen molar-refractivity contribution in [1.29, 1.82) is 0 Å². The fourth-order valence-corrected chi connectivity index (χ4v) is 3.52. The van der Waals surface area contributed by atoms with Crippen molar-refractivity contribution in [3.63, 3.8) is 0 Å². The number of halogens is 3. The predicted octanol–water partition coefficient (Wildman–Crippen LogP) is 4.92. The Balaban J connectivity index is 1.89. The molecule has 0 aliphatic rings. The van der Waals surface area contributed by atoms with Crippen LogP contribution < -0.4 is 10.5 Å². The highest BCUT2D eigenvalue weighted by Gasteiger charge is 2.22. The van der Waals surface area contributed by atoms with Crippen LogP contribution in [0.2, 0.25) is 0 Å². The van der Waals surface area contributed by atoms with E-state index >= 15 is 0 Å². The molecule has 0 aliphatic carbocycles. The maximum absolute atomic E-state index is 13.6. The quantitative estimate of drug-likeness (QED) is 0.409. The Morgan fingerprint density at radius 3 is 2.44 bits per heavy atom. The zero-order valence-corrected chi connectivity index (χ0v) is 18.7. The van der Waals surface area contributed by atoms with Gasteiger partial charge in [-0.3, -0.25) is 4.98 Å². The third kappa shape index (κ3) is 4.82. The van der Waals surface area contributed by atoms with E-state index in [2.05, 4.69) is 25.1 Å². The van der Waals surface area contributed by atoms with Crippen LogP contribution in [0.3, 0.4) is 0 Å². The number of alkyl halides is 2. The van der Waals surface area contributed by atoms with Crippen molar-refractivity contribution >= 4 is 5.95 Å². The molecular weight excluding hydrogens is 447 g/mol. The van der Waals surface area contributed by atoms with Crippen LogP contribution in [0.1, 0.15) is 43.5 Å². The maximum atomic E-state index is 13.6. The highest BCUT2D eigenvalue weighted by molar-refractivity contribution is 5.85. The van der Waals surface area contributed by atoms with Crippen molar-refractivity contribution in [3.05, 3.63) is 65.8 Å². The summed E-state index contributed by atoms with van der Waals surface area (Å²) in [6.07, 6.45) is -1.19. The number of benzene rings is 1. The normalized spacial score (nSPS) is 11.4. The molecule has 176 valence electrons. The van der Waals surface area contributed by atoms with Gasteiger partial charge >= 0.3 is 0 Å². The zero-order chi connectivity index (χ0) is 24.4. The third-order valence-electron chi connectivity index (χ3n) is 5.04. The van der Waals surface area contributed by atoms with Gasteiger partial charge in [0.05, 0.1) is 11.3 Å². The van der Waals surface area contributed by atoms with Crippen molar-refractivity contribution in [3.8, 4) is 28.3 Å². The van der Waals surface area contributed by atoms with Crippen molar-refractivity contribution < 1.29 is 17.9 Å². The molecular formula is C23H22F3N7O. The Labute approximate surface area is 193 Å². The molecule has 0 bridgehead atoms. The molecule has 0 aliphatic heterocycles. The minimum atomic E-state index is -2.78. The lowest BCUT2D eigenvalue weighted by atomic mass is 9.99. The second-order valence-corrected chi connectivity index (χ2v) is 7.88. The Bertz CT molecular complexity index is 1310. The van der Waals surface area contributed by atoms with E-state index in [-0.39, 0.29) is 24.5 Å². The van der Waals surface area contributed by atoms with Gasteiger partial charge in [-0.05, 0) is 62.7 Å². The summed E-state index contributed by atoms with van der Waals surface area (Å²) in [5, 5.41) is 8.00. The number of hydrogen-bond acceptors (Lipinski definition) is 7. The van der Waals surface area contributed by atoms with E-state index in [9.17, 15) is 13.2 Å². The fraction of sp³-hybridized carbons (Fsp3) is 0.261. The monoisotopic (exact) mass is 469 g/mol. The van der Waals surface area contributed by atoms with E-state index in [1.807, 2.05) is 18.4 Å². The minimum absolute atomic E-state index is 0.00371. The largest absolute Gasteiger partial charge is 0.469 e. The van der Waals surface area contributed by atoms with Crippen molar-refractivity contribution in [2.75, 3.05) is 5.73 Å². The number of nitrogen functional groups attached to an aromatic ring is 1. The molecule has 34 heavy (non-hydrogen) atoms. The number of aromatic nitrogens is 6. The van der Waals surface area contributed by atoms with E-state index in [4.69, 9.17) is 10.5 Å². The molecule has 0 unspecified atom stereocenters. The molecule has 0 saturated carbocycles. The standard InChI is InChI=1S/C23H22F3N7O/c1-12(2)33-11-28-32-18(33)10-34-22-19(15-8-13(3)29-17(9-15)21(25)26)20(30-23(27)31-22)14-4-6-16(24)7-5-14/h4-9,11-12,21H,10H2,1-3H3,(H2,27,30,31). The molecule has 1 aromatic carbocycles. The highest BCUT2D eigenvalue weighted by atomic mass is 19.3. The Kier molecular flexibility index (Phi) is 6.44. The van der Waals surface area contributed by atoms with Crippen molar-refractivity contribution in [2.45, 2.75) is 39.8 Å². The van der Waals surface area contributed by atoms with E-state index in [1.54, 1.807) is 19.3 Å². The number of anilines is 1. The van der Waals surface area contributed by atoms with Crippen LogP contribution in [0.15, 0.2) is 42.7 Å². The van der Waals surface area contributed by atoms with Crippen LogP contribution in [-0.4, -0.2) is 29.7 Å². The summed E-state index contributed by atoms with van der Waals surface area (Å²) in [5.74, 6) is 0.0800. The number of nitrogens with zero attached hydrogens (tertiary/aromatic N) is 6. The van der Waals surface area contributed by atoms with Gasteiger partial charge in [-0.25, -0.2) is 18.2 Å². The number of pyridine rings is 1. The van der Waals surface area contributed by atoms with Crippen LogP contribution in [-0.2, 0) is 6.61 Å². The number of hydrogen-bond donors (Lipinski definition) is 1. The molecule has 11 heteroatoms. The average Bonchev–Trinajstić information content (AvgIpc) is 3.26. The van der Waals surface area contributed by atoms with Gasteiger partial charge in [0, 0.05) is 17.3 Å². The summed E-state index contributed by atoms with van der Waals surface area (Å²) >= 11 is 0. The molecule has 4 aromatic rings. The molecule has 3 aromatic heterocycles. The molecule has 0 saturated heterocycles. The first-order chi connectivity index (χ1) is 16.2. The molecule has 0 amide bonds. The first-order valence-corrected chi connectivity index (χ1v) is 10.4. The van der Waals surface area contributed by atoms with Gasteiger partial charge in [-0.15, -0.1) is 10.2 Å². The molecule has 0 atom stereocenters. The average molecular weight is 469 g/mol. The van der Waals surface area contributed by atoms with Crippen LogP contribution in [0, 0.1) is 12.7 Å². The summed E-state index contributed by atoms with van der Waals surface area (Å²) in [5.41, 5.74) is 7.44. The number of nitrogens with two attached hydrogens (primary N) is 1. The van der Waals surface area contributed by atoms with E-state index in [0.717, 1.165) is 0 Å². The topological polar surface area (TPSA) is 105 Å². The van der Waals surface area contributed by atoms with Gasteiger partial charge < -0.3 is 15.0 Å². The number of rotatable bonds is 7. The number of ether oxygens (including phenoxy) is 1. The van der Waals surface area contributed by atoms with E-state index in [1.165, 1.54) is 30.3 Å². The van der Waals surface area contributed by atoms with Gasteiger partial charge in [0.25, 0.3) is 6.43 Å². The van der Waals surface area contributed by atoms with E-state index < -0.39 is 17.9 Å². The Hall–Kier alpha value is -4.02. The summed E-state index contributed by atoms with van der Waals surface area (Å²) in [4.78, 5) is 12.5. The highest BCUT2D eigenvalue weighted by Crippen LogP contribution is 2.39. The number of aryl methyl sites for hydroxylation is 1. The molecule has 2 N–H and O–H groups in total. The van der Waals surface area contributed by atoms with Gasteiger partial charge in [0.1, 0.15) is 24.4 Å². The SMILES string of the molecule is Cc1cc(-c2c(OCc3nncn3C(C)C)nc(N)nc2-c2ccc(F)cc2)cc(C(F)F)n1. The fourth-order valence-electron chi connectivity index (χ4n) is 3.52. The van der Waals surface area contributed by atoms with Crippen LogP contribution in [0.5, 0.6) is 5.88 Å². The van der Waals surface area contributed by atoms with E-state index in [0.29, 0.717) is 33.9 Å². The van der Waals surface area contributed by atoms with Gasteiger partial charge in [0.2, 0.25) is 11.8 Å². The second kappa shape index (κ2) is 9.46. The lowest BCUT2D eigenvalue weighted by Crippen LogP contribution is -2.11. The Morgan fingerprint density at radius 2 is 1.76 bits per heavy atom. The summed E-state index contributed by atoms with van der Waals surface area (Å²) in [6, 6.07) is 8.54.